The zero-order valence-corrected chi connectivity index (χ0v) is 10.3. The van der Waals surface area contributed by atoms with Crippen LogP contribution in [0.1, 0.15) is 5.56 Å². The molecule has 0 amide bonds. The number of halogens is 2. The Hall–Kier alpha value is -1.86. The molecule has 0 bridgehead atoms. The fourth-order valence-electron chi connectivity index (χ4n) is 1.40. The molecule has 0 aromatic heterocycles. The van der Waals surface area contributed by atoms with E-state index in [1.165, 1.54) is 6.07 Å². The minimum absolute atomic E-state index is 0.312. The van der Waals surface area contributed by atoms with Crippen LogP contribution in [0, 0.1) is 17.1 Å². The van der Waals surface area contributed by atoms with Crippen molar-refractivity contribution in [2.45, 2.75) is 0 Å². The Bertz CT molecular complexity index is 590. The molecule has 0 atom stereocenters. The Morgan fingerprint density at radius 2 is 1.94 bits per heavy atom. The van der Waals surface area contributed by atoms with Crippen molar-refractivity contribution in [2.24, 2.45) is 0 Å². The van der Waals surface area contributed by atoms with E-state index in [9.17, 15) is 4.39 Å². The Morgan fingerprint density at radius 3 is 2.59 bits per heavy atom. The summed E-state index contributed by atoms with van der Waals surface area (Å²) in [5.74, 6) is -0.312. The minimum Gasteiger partial charge on any atom is -0.353 e. The first-order valence-electron chi connectivity index (χ1n) is 4.92. The van der Waals surface area contributed by atoms with Gasteiger partial charge >= 0.3 is 0 Å². The smallest absolute Gasteiger partial charge is 0.146 e. The van der Waals surface area contributed by atoms with Gasteiger partial charge in [0.1, 0.15) is 11.9 Å². The lowest BCUT2D eigenvalue weighted by atomic mass is 10.2. The van der Waals surface area contributed by atoms with Gasteiger partial charge in [0.15, 0.2) is 0 Å². The predicted molar refractivity (Wildman–Crippen MR) is 68.5 cm³/mol. The lowest BCUT2D eigenvalue weighted by molar-refractivity contribution is 0.632. The van der Waals surface area contributed by atoms with Gasteiger partial charge in [0.25, 0.3) is 0 Å². The summed E-state index contributed by atoms with van der Waals surface area (Å²) in [4.78, 5) is 0. The first-order chi connectivity index (χ1) is 8.20. The van der Waals surface area contributed by atoms with E-state index in [0.717, 1.165) is 5.69 Å². The molecule has 0 saturated heterocycles. The average molecular weight is 291 g/mol. The van der Waals surface area contributed by atoms with E-state index in [2.05, 4.69) is 21.2 Å². The summed E-state index contributed by atoms with van der Waals surface area (Å²) >= 11 is 3.28. The number of hydrogen-bond donors (Lipinski definition) is 1. The van der Waals surface area contributed by atoms with E-state index >= 15 is 0 Å². The van der Waals surface area contributed by atoms with Gasteiger partial charge in [-0.15, -0.1) is 0 Å². The van der Waals surface area contributed by atoms with Gasteiger partial charge in [0.2, 0.25) is 0 Å². The molecule has 0 spiro atoms. The molecule has 4 heteroatoms. The zero-order valence-electron chi connectivity index (χ0n) is 8.74. The lowest BCUT2D eigenvalue weighted by Crippen LogP contribution is -1.93. The van der Waals surface area contributed by atoms with Crippen LogP contribution >= 0.6 is 15.9 Å². The van der Waals surface area contributed by atoms with Gasteiger partial charge in [0.05, 0.1) is 11.3 Å². The van der Waals surface area contributed by atoms with Crippen molar-refractivity contribution in [3.05, 3.63) is 58.3 Å². The van der Waals surface area contributed by atoms with E-state index in [4.69, 9.17) is 5.26 Å². The molecule has 2 rings (SSSR count). The summed E-state index contributed by atoms with van der Waals surface area (Å²) in [6.45, 7) is 0. The molecule has 0 heterocycles. The Kier molecular flexibility index (Phi) is 3.40. The van der Waals surface area contributed by atoms with Gasteiger partial charge in [-0.3, -0.25) is 0 Å². The molecule has 0 aliphatic heterocycles. The molecule has 0 fully saturated rings. The standard InChI is InChI=1S/C13H8BrFN2/c14-11-7-10(6-5-9(11)8-16)17-13-4-2-1-3-12(13)15/h1-7,17H. The van der Waals surface area contributed by atoms with E-state index in [1.807, 2.05) is 6.07 Å². The van der Waals surface area contributed by atoms with Gasteiger partial charge in [-0.1, -0.05) is 12.1 Å². The third-order valence-electron chi connectivity index (χ3n) is 2.24. The second-order valence-electron chi connectivity index (χ2n) is 3.41. The predicted octanol–water partition coefficient (Wildman–Crippen LogP) is 4.20. The monoisotopic (exact) mass is 290 g/mol. The molecule has 0 aliphatic rings. The van der Waals surface area contributed by atoms with Gasteiger partial charge < -0.3 is 5.32 Å². The molecule has 0 radical (unpaired) electrons. The van der Waals surface area contributed by atoms with Crippen molar-refractivity contribution in [1.82, 2.24) is 0 Å². The molecule has 2 aromatic carbocycles. The van der Waals surface area contributed by atoms with Crippen molar-refractivity contribution in [2.75, 3.05) is 5.32 Å². The maximum atomic E-state index is 13.4. The van der Waals surface area contributed by atoms with Gasteiger partial charge in [-0.25, -0.2) is 4.39 Å². The number of rotatable bonds is 2. The van der Waals surface area contributed by atoms with Gasteiger partial charge in [-0.05, 0) is 46.3 Å². The Balaban J connectivity index is 2.29. The number of benzene rings is 2. The summed E-state index contributed by atoms with van der Waals surface area (Å²) in [6, 6.07) is 13.6. The van der Waals surface area contributed by atoms with Gasteiger partial charge in [-0.2, -0.15) is 5.26 Å². The number of anilines is 2. The molecule has 1 N–H and O–H groups in total. The molecule has 0 aliphatic carbocycles. The molecule has 2 aromatic rings. The SMILES string of the molecule is N#Cc1ccc(Nc2ccccc2F)cc1Br. The summed E-state index contributed by atoms with van der Waals surface area (Å²) in [5, 5.41) is 11.7. The quantitative estimate of drug-likeness (QED) is 0.900. The minimum atomic E-state index is -0.312. The molecule has 17 heavy (non-hydrogen) atoms. The van der Waals surface area contributed by atoms with Crippen LogP contribution in [0.25, 0.3) is 0 Å². The topological polar surface area (TPSA) is 35.8 Å². The highest BCUT2D eigenvalue weighted by Crippen LogP contribution is 2.24. The van der Waals surface area contributed by atoms with Crippen molar-refractivity contribution < 1.29 is 4.39 Å². The van der Waals surface area contributed by atoms with Crippen LogP contribution in [0.15, 0.2) is 46.9 Å². The molecule has 2 nitrogen and oxygen atoms in total. The first kappa shape index (κ1) is 11.6. The van der Waals surface area contributed by atoms with E-state index in [0.29, 0.717) is 15.7 Å². The third-order valence-corrected chi connectivity index (χ3v) is 2.90. The number of nitrogens with zero attached hydrogens (tertiary/aromatic N) is 1. The van der Waals surface area contributed by atoms with Gasteiger partial charge in [0, 0.05) is 10.2 Å². The van der Waals surface area contributed by atoms with Crippen LogP contribution < -0.4 is 5.32 Å². The molecule has 84 valence electrons. The summed E-state index contributed by atoms with van der Waals surface area (Å²) < 4.78 is 14.1. The normalized spacial score (nSPS) is 9.71. The third kappa shape index (κ3) is 2.63. The summed E-state index contributed by atoms with van der Waals surface area (Å²) in [5.41, 5.74) is 1.68. The van der Waals surface area contributed by atoms with Crippen molar-refractivity contribution >= 4 is 27.3 Å². The van der Waals surface area contributed by atoms with Crippen LogP contribution in [-0.4, -0.2) is 0 Å². The fourth-order valence-corrected chi connectivity index (χ4v) is 1.87. The van der Waals surface area contributed by atoms with Crippen LogP contribution in [0.4, 0.5) is 15.8 Å². The van der Waals surface area contributed by atoms with Crippen LogP contribution in [-0.2, 0) is 0 Å². The van der Waals surface area contributed by atoms with Crippen LogP contribution in [0.5, 0.6) is 0 Å². The highest BCUT2D eigenvalue weighted by molar-refractivity contribution is 9.10. The van der Waals surface area contributed by atoms with Crippen LogP contribution in [0.3, 0.4) is 0 Å². The fraction of sp³-hybridized carbons (Fsp3) is 0. The second-order valence-corrected chi connectivity index (χ2v) is 4.27. The number of nitriles is 1. The Morgan fingerprint density at radius 1 is 1.18 bits per heavy atom. The molecular formula is C13H8BrFN2. The maximum Gasteiger partial charge on any atom is 0.146 e. The largest absolute Gasteiger partial charge is 0.353 e. The van der Waals surface area contributed by atoms with E-state index in [1.54, 1.807) is 36.4 Å². The molecular weight excluding hydrogens is 283 g/mol. The number of para-hydroxylation sites is 1. The zero-order chi connectivity index (χ0) is 12.3. The van der Waals surface area contributed by atoms with Crippen molar-refractivity contribution in [3.63, 3.8) is 0 Å². The summed E-state index contributed by atoms with van der Waals surface area (Å²) in [7, 11) is 0. The Labute approximate surface area is 107 Å². The highest BCUT2D eigenvalue weighted by atomic mass is 79.9. The van der Waals surface area contributed by atoms with Crippen molar-refractivity contribution in [1.29, 1.82) is 5.26 Å². The number of nitrogens with one attached hydrogen (secondary N) is 1. The molecule has 0 unspecified atom stereocenters. The van der Waals surface area contributed by atoms with Crippen LogP contribution in [0.2, 0.25) is 0 Å². The average Bonchev–Trinajstić information content (AvgIpc) is 2.32. The highest BCUT2D eigenvalue weighted by Gasteiger charge is 2.03. The summed E-state index contributed by atoms with van der Waals surface area (Å²) in [6.07, 6.45) is 0. The molecule has 0 saturated carbocycles. The first-order valence-corrected chi connectivity index (χ1v) is 5.71. The maximum absolute atomic E-state index is 13.4. The lowest BCUT2D eigenvalue weighted by Gasteiger charge is -2.08. The van der Waals surface area contributed by atoms with E-state index < -0.39 is 0 Å². The van der Waals surface area contributed by atoms with E-state index in [-0.39, 0.29) is 5.82 Å². The second kappa shape index (κ2) is 4.98. The number of hydrogen-bond acceptors (Lipinski definition) is 2. The van der Waals surface area contributed by atoms with Crippen molar-refractivity contribution in [3.8, 4) is 6.07 Å².